The van der Waals surface area contributed by atoms with Crippen LogP contribution in [0.4, 0.5) is 14.5 Å². The lowest BCUT2D eigenvalue weighted by molar-refractivity contribution is -0.108. The number of benzene rings is 2. The van der Waals surface area contributed by atoms with Crippen LogP contribution in [0.3, 0.4) is 0 Å². The van der Waals surface area contributed by atoms with E-state index in [1.807, 2.05) is 12.1 Å². The predicted molar refractivity (Wildman–Crippen MR) is 148 cm³/mol. The van der Waals surface area contributed by atoms with E-state index in [0.29, 0.717) is 23.1 Å². The Hall–Kier alpha value is -4.29. The lowest BCUT2D eigenvalue weighted by Crippen LogP contribution is -2.39. The number of aromatic nitrogens is 2. The Kier molecular flexibility index (Phi) is 10.5. The highest BCUT2D eigenvalue weighted by molar-refractivity contribution is 6.33. The SMILES string of the molecule is COCC(c1ccc(Cl)c(N=C(N=CN)C(F)F)c1)N(C)C(N)=NC(C=O)c1ccc(-c2cnccn2)cc1. The fourth-order valence-corrected chi connectivity index (χ4v) is 3.78. The molecule has 3 aromatic rings. The van der Waals surface area contributed by atoms with E-state index in [4.69, 9.17) is 27.8 Å². The Morgan fingerprint density at radius 3 is 2.49 bits per heavy atom. The molecule has 4 N–H and O–H groups in total. The molecule has 0 aliphatic rings. The van der Waals surface area contributed by atoms with Gasteiger partial charge in [-0.2, -0.15) is 0 Å². The number of carbonyl (C=O) groups is 1. The molecule has 0 radical (unpaired) electrons. The van der Waals surface area contributed by atoms with Gasteiger partial charge < -0.3 is 25.9 Å². The summed E-state index contributed by atoms with van der Waals surface area (Å²) in [5.41, 5.74) is 14.3. The fourth-order valence-electron chi connectivity index (χ4n) is 3.62. The van der Waals surface area contributed by atoms with Gasteiger partial charge in [0.25, 0.3) is 6.43 Å². The third kappa shape index (κ3) is 7.62. The van der Waals surface area contributed by atoms with Gasteiger partial charge in [0, 0.05) is 32.1 Å². The van der Waals surface area contributed by atoms with Crippen LogP contribution in [-0.4, -0.2) is 66.5 Å². The van der Waals surface area contributed by atoms with E-state index in [1.165, 1.54) is 19.2 Å². The second kappa shape index (κ2) is 14.0. The van der Waals surface area contributed by atoms with Crippen LogP contribution in [0.15, 0.2) is 76.0 Å². The second-order valence-electron chi connectivity index (χ2n) is 8.12. The Bertz CT molecular complexity index is 1340. The summed E-state index contributed by atoms with van der Waals surface area (Å²) >= 11 is 6.20. The average molecular weight is 557 g/mol. The maximum atomic E-state index is 13.3. The molecule has 0 spiro atoms. The van der Waals surface area contributed by atoms with Gasteiger partial charge in [0.05, 0.1) is 41.6 Å². The van der Waals surface area contributed by atoms with E-state index in [2.05, 4.69) is 24.9 Å². The minimum Gasteiger partial charge on any atom is -0.390 e. The molecular weight excluding hydrogens is 530 g/mol. The number of hydrogen-bond donors (Lipinski definition) is 2. The highest BCUT2D eigenvalue weighted by atomic mass is 35.5. The number of methoxy groups -OCH3 is 1. The Morgan fingerprint density at radius 2 is 1.90 bits per heavy atom. The van der Waals surface area contributed by atoms with Gasteiger partial charge in [-0.15, -0.1) is 0 Å². The summed E-state index contributed by atoms with van der Waals surface area (Å²) < 4.78 is 31.9. The van der Waals surface area contributed by atoms with Crippen LogP contribution in [0, 0.1) is 0 Å². The summed E-state index contributed by atoms with van der Waals surface area (Å²) in [5, 5.41) is 0.135. The molecule has 1 aromatic heterocycles. The summed E-state index contributed by atoms with van der Waals surface area (Å²) in [6, 6.07) is 10.5. The second-order valence-corrected chi connectivity index (χ2v) is 8.53. The topological polar surface area (TPSA) is 144 Å². The highest BCUT2D eigenvalue weighted by Crippen LogP contribution is 2.31. The van der Waals surface area contributed by atoms with E-state index < -0.39 is 24.3 Å². The van der Waals surface area contributed by atoms with Crippen molar-refractivity contribution in [1.82, 2.24) is 14.9 Å². The van der Waals surface area contributed by atoms with Gasteiger partial charge in [-0.05, 0) is 23.3 Å². The number of ether oxygens (including phenoxy) is 1. The molecule has 1 heterocycles. The first-order valence-electron chi connectivity index (χ1n) is 11.6. The maximum Gasteiger partial charge on any atom is 0.297 e. The summed E-state index contributed by atoms with van der Waals surface area (Å²) in [5.74, 6) is -0.735. The van der Waals surface area contributed by atoms with E-state index >= 15 is 0 Å². The molecule has 2 unspecified atom stereocenters. The minimum absolute atomic E-state index is 0.0492. The molecule has 2 aromatic carbocycles. The molecule has 0 bridgehead atoms. The number of halogens is 3. The molecule has 2 atom stereocenters. The number of hydrogen-bond acceptors (Lipinski definition) is 6. The number of likely N-dealkylation sites (N-methyl/N-ethyl adjacent to an activating group) is 1. The number of guanidine groups is 1. The molecule has 0 aliphatic carbocycles. The monoisotopic (exact) mass is 556 g/mol. The lowest BCUT2D eigenvalue weighted by Gasteiger charge is -2.29. The van der Waals surface area contributed by atoms with E-state index in [1.54, 1.807) is 48.7 Å². The number of carbonyl (C=O) groups excluding carboxylic acids is 1. The first kappa shape index (κ1) is 29.3. The molecule has 0 saturated heterocycles. The summed E-state index contributed by atoms with van der Waals surface area (Å²) in [4.78, 5) is 33.6. The fraction of sp³-hybridized carbons (Fsp3) is 0.231. The molecule has 10 nitrogen and oxygen atoms in total. The smallest absolute Gasteiger partial charge is 0.297 e. The summed E-state index contributed by atoms with van der Waals surface area (Å²) in [7, 11) is 3.17. The average Bonchev–Trinajstić information content (AvgIpc) is 2.95. The molecular formula is C26H27ClF2N8O2. The van der Waals surface area contributed by atoms with Crippen LogP contribution in [0.25, 0.3) is 11.3 Å². The van der Waals surface area contributed by atoms with Gasteiger partial charge in [0.1, 0.15) is 12.3 Å². The van der Waals surface area contributed by atoms with Crippen LogP contribution in [0.1, 0.15) is 23.2 Å². The van der Waals surface area contributed by atoms with Crippen molar-refractivity contribution in [2.45, 2.75) is 18.5 Å². The molecule has 0 amide bonds. The molecule has 0 fully saturated rings. The number of alkyl halides is 2. The number of rotatable bonds is 10. The van der Waals surface area contributed by atoms with Crippen molar-refractivity contribution in [1.29, 1.82) is 0 Å². The molecule has 0 aliphatic heterocycles. The van der Waals surface area contributed by atoms with E-state index in [0.717, 1.165) is 11.9 Å². The van der Waals surface area contributed by atoms with Crippen molar-refractivity contribution < 1.29 is 18.3 Å². The van der Waals surface area contributed by atoms with Crippen molar-refractivity contribution in [3.63, 3.8) is 0 Å². The zero-order valence-electron chi connectivity index (χ0n) is 21.2. The minimum atomic E-state index is -2.96. The van der Waals surface area contributed by atoms with Gasteiger partial charge in [0.2, 0.25) is 0 Å². The van der Waals surface area contributed by atoms with Gasteiger partial charge in [0.15, 0.2) is 11.8 Å². The quantitative estimate of drug-likeness (QED) is 0.218. The van der Waals surface area contributed by atoms with Gasteiger partial charge >= 0.3 is 0 Å². The predicted octanol–water partition coefficient (Wildman–Crippen LogP) is 3.95. The Balaban J connectivity index is 1.89. The van der Waals surface area contributed by atoms with E-state index in [-0.39, 0.29) is 23.3 Å². The van der Waals surface area contributed by atoms with Gasteiger partial charge in [-0.1, -0.05) is 41.9 Å². The van der Waals surface area contributed by atoms with Crippen molar-refractivity contribution in [3.05, 3.63) is 77.2 Å². The normalized spacial score (nSPS) is 14.0. The first-order chi connectivity index (χ1) is 18.8. The van der Waals surface area contributed by atoms with Crippen LogP contribution in [0.2, 0.25) is 5.02 Å². The van der Waals surface area contributed by atoms with Gasteiger partial charge in [-0.3, -0.25) is 9.97 Å². The van der Waals surface area contributed by atoms with Crippen molar-refractivity contribution in [3.8, 4) is 11.3 Å². The zero-order chi connectivity index (χ0) is 28.4. The van der Waals surface area contributed by atoms with Crippen LogP contribution in [-0.2, 0) is 9.53 Å². The number of amidine groups is 1. The number of aldehydes is 1. The van der Waals surface area contributed by atoms with Crippen molar-refractivity contribution >= 4 is 41.7 Å². The standard InChI is InChI=1S/C26H27ClF2N8O2/c1-37(23(14-39-2)18-7-8-19(27)20(11-18)35-25(24(28)29)34-15-30)26(31)36-22(13-38)17-5-3-16(4-6-17)21-12-32-9-10-33-21/h3-13,15,22-24H,14H2,1-2H3,(H2,31,36)(H2,30,34,35). The number of nitrogens with two attached hydrogens (primary N) is 2. The molecule has 204 valence electrons. The highest BCUT2D eigenvalue weighted by Gasteiger charge is 2.22. The number of aliphatic imine (C=N–C) groups is 3. The van der Waals surface area contributed by atoms with Crippen LogP contribution < -0.4 is 11.5 Å². The van der Waals surface area contributed by atoms with Crippen molar-refractivity contribution in [2.75, 3.05) is 20.8 Å². The summed E-state index contributed by atoms with van der Waals surface area (Å²) in [6.45, 7) is 0.152. The first-order valence-corrected chi connectivity index (χ1v) is 11.9. The largest absolute Gasteiger partial charge is 0.390 e. The molecule has 0 saturated carbocycles. The van der Waals surface area contributed by atoms with E-state index in [9.17, 15) is 13.6 Å². The summed E-state index contributed by atoms with van der Waals surface area (Å²) in [6.07, 6.45) is 3.27. The third-order valence-electron chi connectivity index (χ3n) is 5.66. The number of nitrogens with zero attached hydrogens (tertiary/aromatic N) is 6. The molecule has 13 heteroatoms. The molecule has 3 rings (SSSR count). The zero-order valence-corrected chi connectivity index (χ0v) is 21.9. The Labute approximate surface area is 229 Å². The third-order valence-corrected chi connectivity index (χ3v) is 5.98. The maximum absolute atomic E-state index is 13.3. The van der Waals surface area contributed by atoms with Crippen molar-refractivity contribution in [2.24, 2.45) is 26.4 Å². The Morgan fingerprint density at radius 1 is 1.18 bits per heavy atom. The van der Waals surface area contributed by atoms with Crippen LogP contribution in [0.5, 0.6) is 0 Å². The van der Waals surface area contributed by atoms with Crippen LogP contribution >= 0.6 is 11.6 Å². The lowest BCUT2D eigenvalue weighted by atomic mass is 10.0. The van der Waals surface area contributed by atoms with Gasteiger partial charge in [-0.25, -0.2) is 23.8 Å². The molecule has 39 heavy (non-hydrogen) atoms.